The first-order chi connectivity index (χ1) is 14.4. The second kappa shape index (κ2) is 9.65. The van der Waals surface area contributed by atoms with Gasteiger partial charge >= 0.3 is 0 Å². The highest BCUT2D eigenvalue weighted by Gasteiger charge is 2.38. The minimum atomic E-state index is -4.94. The van der Waals surface area contributed by atoms with Gasteiger partial charge in [0.2, 0.25) is 0 Å². The topological polar surface area (TPSA) is 92.2 Å². The van der Waals surface area contributed by atoms with Crippen molar-refractivity contribution in [3.8, 4) is 0 Å². The van der Waals surface area contributed by atoms with E-state index < -0.39 is 10.2 Å². The minimum absolute atomic E-state index is 0.559. The first-order valence-electron chi connectivity index (χ1n) is 9.15. The van der Waals surface area contributed by atoms with Crippen LogP contribution in [0.25, 0.3) is 0 Å². The van der Waals surface area contributed by atoms with Crippen molar-refractivity contribution in [3.63, 3.8) is 0 Å². The fraction of sp³-hybridized carbons (Fsp3) is 0. The Hall–Kier alpha value is -3.03. The van der Waals surface area contributed by atoms with Gasteiger partial charge in [0.1, 0.15) is 22.7 Å². The molecule has 4 aromatic rings. The monoisotopic (exact) mass is 421 g/mol. The number of benzene rings is 4. The third-order valence-corrected chi connectivity index (χ3v) is 4.57. The lowest BCUT2D eigenvalue weighted by Crippen LogP contribution is -2.68. The lowest BCUT2D eigenvalue weighted by Gasteiger charge is -2.37. The number of nitrogens with zero attached hydrogens (tertiary/aromatic N) is 1. The van der Waals surface area contributed by atoms with Crippen LogP contribution in [0.1, 0.15) is 0 Å². The maximum Gasteiger partial charge on any atom is 0.148 e. The van der Waals surface area contributed by atoms with Crippen molar-refractivity contribution in [2.45, 2.75) is 0 Å². The summed E-state index contributed by atoms with van der Waals surface area (Å²) in [7, 11) is -4.94. The van der Waals surface area contributed by atoms with E-state index in [0.29, 0.717) is 4.48 Å². The van der Waals surface area contributed by atoms with E-state index in [4.69, 9.17) is 18.6 Å². The van der Waals surface area contributed by atoms with E-state index in [0.717, 1.165) is 0 Å². The van der Waals surface area contributed by atoms with Crippen LogP contribution in [-0.2, 0) is 0 Å². The summed E-state index contributed by atoms with van der Waals surface area (Å²) in [6, 6.07) is 42.8. The predicted octanol–water partition coefficient (Wildman–Crippen LogP) is 2.23. The van der Waals surface area contributed by atoms with E-state index in [1.54, 1.807) is 0 Å². The molecule has 0 aliphatic heterocycles. The van der Waals surface area contributed by atoms with E-state index in [1.807, 2.05) is 0 Å². The molecule has 0 saturated heterocycles. The Kier molecular flexibility index (Phi) is 6.97. The van der Waals surface area contributed by atoms with Crippen LogP contribution in [0.2, 0.25) is 0 Å². The quantitative estimate of drug-likeness (QED) is 0.472. The molecule has 0 atom stereocenters. The Morgan fingerprint density at radius 2 is 0.533 bits per heavy atom. The maximum atomic E-state index is 8.49. The summed E-state index contributed by atoms with van der Waals surface area (Å²) in [6.45, 7) is 0. The molecule has 0 spiro atoms. The van der Waals surface area contributed by atoms with Crippen LogP contribution in [0.15, 0.2) is 121 Å². The molecule has 0 saturated carbocycles. The average Bonchev–Trinajstić information content (AvgIpc) is 2.76. The summed E-state index contributed by atoms with van der Waals surface area (Å²) in [6.07, 6.45) is 0. The predicted molar refractivity (Wildman–Crippen MR) is 107 cm³/mol. The zero-order valence-corrected chi connectivity index (χ0v) is 16.8. The van der Waals surface area contributed by atoms with Crippen molar-refractivity contribution in [1.82, 2.24) is 4.48 Å². The van der Waals surface area contributed by atoms with E-state index in [9.17, 15) is 0 Å². The van der Waals surface area contributed by atoms with Gasteiger partial charge in [-0.15, -0.1) is 10.2 Å². The normalized spacial score (nSPS) is 11.3. The molecule has 0 aromatic heterocycles. The zero-order valence-electron chi connectivity index (χ0n) is 16.0. The van der Waals surface area contributed by atoms with Gasteiger partial charge in [0.15, 0.2) is 0 Å². The zero-order chi connectivity index (χ0) is 21.5. The molecule has 0 radical (unpaired) electrons. The Morgan fingerprint density at radius 3 is 0.700 bits per heavy atom. The van der Waals surface area contributed by atoms with Gasteiger partial charge < -0.3 is 0 Å². The number of quaternary nitrogens is 1. The van der Waals surface area contributed by atoms with Crippen LogP contribution in [0.3, 0.4) is 0 Å². The molecule has 0 aliphatic rings. The van der Waals surface area contributed by atoms with Crippen molar-refractivity contribution < 1.29 is 28.9 Å². The summed E-state index contributed by atoms with van der Waals surface area (Å²) >= 11 is 0. The van der Waals surface area contributed by atoms with E-state index >= 15 is 0 Å². The van der Waals surface area contributed by atoms with Crippen LogP contribution in [-0.4, -0.2) is 0 Å². The van der Waals surface area contributed by atoms with E-state index in [-0.39, 0.29) is 0 Å². The molecule has 0 aliphatic carbocycles. The fourth-order valence-electron chi connectivity index (χ4n) is 3.50. The summed E-state index contributed by atoms with van der Waals surface area (Å²) in [4.78, 5) is 0. The molecule has 0 N–H and O–H groups in total. The highest BCUT2D eigenvalue weighted by molar-refractivity contribution is 5.81. The number of halogens is 1. The van der Waals surface area contributed by atoms with Gasteiger partial charge in [-0.25, -0.2) is 18.6 Å². The van der Waals surface area contributed by atoms with Crippen molar-refractivity contribution in [2.24, 2.45) is 0 Å². The number of hydrogen-bond acceptors (Lipinski definition) is 4. The van der Waals surface area contributed by atoms with E-state index in [2.05, 4.69) is 121 Å². The molecule has 6 heteroatoms. The smallest absolute Gasteiger partial charge is 0.148 e. The molecule has 0 fully saturated rings. The highest BCUT2D eigenvalue weighted by atomic mass is 35.7. The van der Waals surface area contributed by atoms with Crippen LogP contribution in [0.4, 0.5) is 22.7 Å². The van der Waals surface area contributed by atoms with Crippen LogP contribution in [0, 0.1) is 10.2 Å². The van der Waals surface area contributed by atoms with E-state index in [1.165, 1.54) is 22.7 Å². The van der Waals surface area contributed by atoms with Gasteiger partial charge in [-0.3, -0.25) is 0 Å². The van der Waals surface area contributed by atoms with Crippen molar-refractivity contribution in [2.75, 3.05) is 0 Å². The van der Waals surface area contributed by atoms with Gasteiger partial charge in [0.05, 0.1) is 0 Å². The molecule has 0 unspecified atom stereocenters. The van der Waals surface area contributed by atoms with Crippen LogP contribution < -0.4 is 23.1 Å². The lowest BCUT2D eigenvalue weighted by molar-refractivity contribution is -2.00. The Morgan fingerprint density at radius 1 is 0.367 bits per heavy atom. The summed E-state index contributed by atoms with van der Waals surface area (Å²) in [5.74, 6) is 0. The number of rotatable bonds is 4. The fourth-order valence-corrected chi connectivity index (χ4v) is 3.50. The van der Waals surface area contributed by atoms with Gasteiger partial charge in [0.25, 0.3) is 0 Å². The minimum Gasteiger partial charge on any atom is -0.222 e. The Balaban J connectivity index is 0.000000461. The molecule has 152 valence electrons. The Labute approximate surface area is 177 Å². The van der Waals surface area contributed by atoms with Gasteiger partial charge in [-0.2, -0.15) is 4.48 Å². The first-order valence-corrected chi connectivity index (χ1v) is 10.4. The molecule has 0 bridgehead atoms. The lowest BCUT2D eigenvalue weighted by atomic mass is 10.1. The highest BCUT2D eigenvalue weighted by Crippen LogP contribution is 2.50. The van der Waals surface area contributed by atoms with Crippen molar-refractivity contribution in [1.29, 1.82) is 0 Å². The SMILES string of the molecule is [O-][Cl+3]([O-])([O-])[O-].c1ccc([N+](c2ccccc2)(c2ccccc2)c2ccccc2)cc1. The van der Waals surface area contributed by atoms with Crippen molar-refractivity contribution in [3.05, 3.63) is 121 Å². The standard InChI is InChI=1S/C24H20N.ClHO4/c1-5-13-21(14-6-1)25(22-15-7-2-8-16-22,23-17-9-3-10-18-23)24-19-11-4-12-20-24;2-1(3,4)5/h1-20H;(H,2,3,4,5)/q+1;/p-1. The Bertz CT molecular complexity index is 855. The molecule has 4 aromatic carbocycles. The molecule has 0 amide bonds. The van der Waals surface area contributed by atoms with Crippen LogP contribution >= 0.6 is 0 Å². The third kappa shape index (κ3) is 5.11. The molecular formula is C24H20ClNO4. The summed E-state index contributed by atoms with van der Waals surface area (Å²) in [5, 5.41) is 0. The summed E-state index contributed by atoms with van der Waals surface area (Å²) < 4.78 is 34.5. The third-order valence-electron chi connectivity index (χ3n) is 4.57. The maximum absolute atomic E-state index is 8.49. The van der Waals surface area contributed by atoms with Crippen LogP contribution in [0.5, 0.6) is 0 Å². The van der Waals surface area contributed by atoms with Gasteiger partial charge in [-0.05, 0) is 0 Å². The second-order valence-corrected chi connectivity index (χ2v) is 7.15. The molecule has 0 heterocycles. The first kappa shape index (κ1) is 21.7. The van der Waals surface area contributed by atoms with Gasteiger partial charge in [-0.1, -0.05) is 72.8 Å². The van der Waals surface area contributed by atoms with Crippen molar-refractivity contribution >= 4 is 22.7 Å². The van der Waals surface area contributed by atoms with Gasteiger partial charge in [0, 0.05) is 48.5 Å². The number of hydrogen-bond donors (Lipinski definition) is 0. The second-order valence-electron chi connectivity index (χ2n) is 6.39. The number of para-hydroxylation sites is 4. The summed E-state index contributed by atoms with van der Waals surface area (Å²) in [5.41, 5.74) is 4.86. The molecule has 5 nitrogen and oxygen atoms in total. The average molecular weight is 422 g/mol. The molecule has 30 heavy (non-hydrogen) atoms. The largest absolute Gasteiger partial charge is 0.222 e. The molecular weight excluding hydrogens is 402 g/mol. The molecule has 4 rings (SSSR count).